The van der Waals surface area contributed by atoms with Crippen molar-refractivity contribution in [2.24, 2.45) is 0 Å². The molecule has 0 heterocycles. The quantitative estimate of drug-likeness (QED) is 0.909. The SMILES string of the molecule is CCN(C(=O)OC(C)(C)C)C(C(=O)O)c1cc(F)cc(Cl)c1. The maximum Gasteiger partial charge on any atom is 0.411 e. The number of halogens is 2. The van der Waals surface area contributed by atoms with Gasteiger partial charge in [-0.05, 0) is 51.5 Å². The number of carbonyl (C=O) groups is 2. The molecular formula is C15H19ClFNO4. The number of rotatable bonds is 4. The highest BCUT2D eigenvalue weighted by molar-refractivity contribution is 6.30. The highest BCUT2D eigenvalue weighted by atomic mass is 35.5. The molecule has 0 spiro atoms. The summed E-state index contributed by atoms with van der Waals surface area (Å²) in [6.45, 7) is 6.72. The average molecular weight is 332 g/mol. The van der Waals surface area contributed by atoms with Gasteiger partial charge in [-0.25, -0.2) is 14.0 Å². The number of carboxylic acid groups (broad SMARTS) is 1. The van der Waals surface area contributed by atoms with E-state index in [1.165, 1.54) is 6.07 Å². The van der Waals surface area contributed by atoms with E-state index in [-0.39, 0.29) is 17.1 Å². The first-order valence-corrected chi connectivity index (χ1v) is 7.11. The Morgan fingerprint density at radius 1 is 1.36 bits per heavy atom. The second-order valence-electron chi connectivity index (χ2n) is 5.71. The van der Waals surface area contributed by atoms with Gasteiger partial charge in [-0.15, -0.1) is 0 Å². The van der Waals surface area contributed by atoms with Gasteiger partial charge in [-0.1, -0.05) is 11.6 Å². The van der Waals surface area contributed by atoms with Crippen LogP contribution in [0.25, 0.3) is 0 Å². The molecule has 1 N–H and O–H groups in total. The fourth-order valence-corrected chi connectivity index (χ4v) is 2.16. The highest BCUT2D eigenvalue weighted by Gasteiger charge is 2.33. The van der Waals surface area contributed by atoms with Crippen molar-refractivity contribution in [3.8, 4) is 0 Å². The molecule has 0 fully saturated rings. The molecule has 1 unspecified atom stereocenters. The Morgan fingerprint density at radius 2 is 1.95 bits per heavy atom. The van der Waals surface area contributed by atoms with Crippen LogP contribution in [-0.4, -0.2) is 34.2 Å². The highest BCUT2D eigenvalue weighted by Crippen LogP contribution is 2.26. The third-order valence-corrected chi connectivity index (χ3v) is 2.93. The maximum atomic E-state index is 13.5. The Balaban J connectivity index is 3.22. The van der Waals surface area contributed by atoms with Crippen molar-refractivity contribution < 1.29 is 23.8 Å². The minimum absolute atomic E-state index is 0.0569. The summed E-state index contributed by atoms with van der Waals surface area (Å²) in [6, 6.07) is 2.04. The predicted molar refractivity (Wildman–Crippen MR) is 80.4 cm³/mol. The van der Waals surface area contributed by atoms with Gasteiger partial charge in [0.05, 0.1) is 0 Å². The van der Waals surface area contributed by atoms with Crippen LogP contribution in [0.1, 0.15) is 39.3 Å². The average Bonchev–Trinajstić information content (AvgIpc) is 2.31. The van der Waals surface area contributed by atoms with Gasteiger partial charge in [0.15, 0.2) is 6.04 Å². The monoisotopic (exact) mass is 331 g/mol. The number of aliphatic carboxylic acids is 1. The van der Waals surface area contributed by atoms with Crippen LogP contribution in [0.3, 0.4) is 0 Å². The number of hydrogen-bond acceptors (Lipinski definition) is 3. The smallest absolute Gasteiger partial charge is 0.411 e. The molecule has 0 aliphatic carbocycles. The topological polar surface area (TPSA) is 66.8 Å². The van der Waals surface area contributed by atoms with E-state index in [2.05, 4.69) is 0 Å². The lowest BCUT2D eigenvalue weighted by Gasteiger charge is -2.30. The second-order valence-corrected chi connectivity index (χ2v) is 6.15. The number of hydrogen-bond donors (Lipinski definition) is 1. The van der Waals surface area contributed by atoms with Crippen LogP contribution in [0.15, 0.2) is 18.2 Å². The number of benzene rings is 1. The van der Waals surface area contributed by atoms with Gasteiger partial charge < -0.3 is 9.84 Å². The second kappa shape index (κ2) is 6.96. The van der Waals surface area contributed by atoms with Crippen molar-refractivity contribution in [2.75, 3.05) is 6.54 Å². The molecule has 0 bridgehead atoms. The summed E-state index contributed by atoms with van der Waals surface area (Å²) in [7, 11) is 0. The number of carboxylic acids is 1. The summed E-state index contributed by atoms with van der Waals surface area (Å²) < 4.78 is 18.7. The molecule has 0 aliphatic heterocycles. The third-order valence-electron chi connectivity index (χ3n) is 2.71. The Morgan fingerprint density at radius 3 is 2.36 bits per heavy atom. The van der Waals surface area contributed by atoms with Gasteiger partial charge in [0, 0.05) is 11.6 Å². The normalized spacial score (nSPS) is 12.6. The van der Waals surface area contributed by atoms with E-state index in [1.54, 1.807) is 27.7 Å². The van der Waals surface area contributed by atoms with Crippen molar-refractivity contribution in [1.29, 1.82) is 0 Å². The van der Waals surface area contributed by atoms with E-state index in [0.717, 1.165) is 17.0 Å². The molecule has 7 heteroatoms. The molecule has 0 radical (unpaired) electrons. The van der Waals surface area contributed by atoms with Gasteiger partial charge >= 0.3 is 12.1 Å². The molecule has 0 saturated heterocycles. The minimum atomic E-state index is -1.38. The molecule has 5 nitrogen and oxygen atoms in total. The van der Waals surface area contributed by atoms with Crippen LogP contribution in [0.5, 0.6) is 0 Å². The van der Waals surface area contributed by atoms with Gasteiger partial charge in [0.2, 0.25) is 0 Å². The van der Waals surface area contributed by atoms with Crippen molar-refractivity contribution in [2.45, 2.75) is 39.3 Å². The number of amides is 1. The molecule has 1 aromatic rings. The van der Waals surface area contributed by atoms with Crippen molar-refractivity contribution in [3.05, 3.63) is 34.6 Å². The van der Waals surface area contributed by atoms with E-state index in [4.69, 9.17) is 16.3 Å². The zero-order valence-corrected chi connectivity index (χ0v) is 13.6. The summed E-state index contributed by atoms with van der Waals surface area (Å²) in [6.07, 6.45) is -0.789. The predicted octanol–water partition coefficient (Wildman–Crippen LogP) is 3.86. The van der Waals surface area contributed by atoms with E-state index in [9.17, 15) is 19.1 Å². The van der Waals surface area contributed by atoms with Crippen LogP contribution >= 0.6 is 11.6 Å². The third kappa shape index (κ3) is 4.87. The molecule has 0 aromatic heterocycles. The first kappa shape index (κ1) is 18.2. The number of likely N-dealkylation sites (N-methyl/N-ethyl adjacent to an activating group) is 1. The van der Waals surface area contributed by atoms with Crippen molar-refractivity contribution in [3.63, 3.8) is 0 Å². The van der Waals surface area contributed by atoms with E-state index >= 15 is 0 Å². The number of ether oxygens (including phenoxy) is 1. The number of carbonyl (C=O) groups excluding carboxylic acids is 1. The summed E-state index contributed by atoms with van der Waals surface area (Å²) in [5.74, 6) is -1.97. The molecule has 22 heavy (non-hydrogen) atoms. The summed E-state index contributed by atoms with van der Waals surface area (Å²) in [5, 5.41) is 9.50. The summed E-state index contributed by atoms with van der Waals surface area (Å²) in [5.41, 5.74) is -0.696. The fourth-order valence-electron chi connectivity index (χ4n) is 1.93. The Hall–Kier alpha value is -1.82. The summed E-state index contributed by atoms with van der Waals surface area (Å²) in [4.78, 5) is 24.8. The Bertz CT molecular complexity index is 551. The zero-order chi connectivity index (χ0) is 17.1. The molecule has 122 valence electrons. The minimum Gasteiger partial charge on any atom is -0.479 e. The zero-order valence-electron chi connectivity index (χ0n) is 12.9. The molecular weight excluding hydrogens is 313 g/mol. The van der Waals surface area contributed by atoms with Crippen LogP contribution in [0.4, 0.5) is 9.18 Å². The Kier molecular flexibility index (Phi) is 5.77. The van der Waals surface area contributed by atoms with Crippen LogP contribution in [0.2, 0.25) is 5.02 Å². The lowest BCUT2D eigenvalue weighted by Crippen LogP contribution is -2.42. The lowest BCUT2D eigenvalue weighted by atomic mass is 10.1. The van der Waals surface area contributed by atoms with E-state index < -0.39 is 29.5 Å². The first-order valence-electron chi connectivity index (χ1n) is 6.73. The maximum absolute atomic E-state index is 13.5. The molecule has 1 amide bonds. The van der Waals surface area contributed by atoms with E-state index in [1.807, 2.05) is 0 Å². The molecule has 0 aliphatic rings. The van der Waals surface area contributed by atoms with E-state index in [0.29, 0.717) is 0 Å². The largest absolute Gasteiger partial charge is 0.479 e. The molecule has 1 atom stereocenters. The van der Waals surface area contributed by atoms with Crippen molar-refractivity contribution in [1.82, 2.24) is 4.90 Å². The lowest BCUT2D eigenvalue weighted by molar-refractivity contribution is -0.143. The van der Waals surface area contributed by atoms with Crippen LogP contribution in [-0.2, 0) is 9.53 Å². The summed E-state index contributed by atoms with van der Waals surface area (Å²) >= 11 is 5.77. The Labute approximate surface area is 133 Å². The number of nitrogens with zero attached hydrogens (tertiary/aromatic N) is 1. The van der Waals surface area contributed by atoms with Gasteiger partial charge in [0.1, 0.15) is 11.4 Å². The van der Waals surface area contributed by atoms with Crippen LogP contribution < -0.4 is 0 Å². The molecule has 1 aromatic carbocycles. The van der Waals surface area contributed by atoms with Gasteiger partial charge in [-0.2, -0.15) is 0 Å². The fraction of sp³-hybridized carbons (Fsp3) is 0.467. The molecule has 1 rings (SSSR count). The van der Waals surface area contributed by atoms with Crippen molar-refractivity contribution >= 4 is 23.7 Å². The molecule has 0 saturated carbocycles. The standard InChI is InChI=1S/C15H19ClFNO4/c1-5-18(14(21)22-15(2,3)4)12(13(19)20)9-6-10(16)8-11(17)7-9/h6-8,12H,5H2,1-4H3,(H,19,20). The van der Waals surface area contributed by atoms with Gasteiger partial charge in [-0.3, -0.25) is 4.90 Å². The first-order chi connectivity index (χ1) is 10.0. The van der Waals surface area contributed by atoms with Crippen LogP contribution in [0, 0.1) is 5.82 Å². The van der Waals surface area contributed by atoms with Gasteiger partial charge in [0.25, 0.3) is 0 Å².